The fourth-order valence-corrected chi connectivity index (χ4v) is 3.42. The van der Waals surface area contributed by atoms with Gasteiger partial charge in [-0.05, 0) is 18.6 Å². The molecular formula is C24H27N5O4. The van der Waals surface area contributed by atoms with Gasteiger partial charge in [0.2, 0.25) is 5.88 Å². The van der Waals surface area contributed by atoms with Gasteiger partial charge in [0, 0.05) is 37.0 Å². The van der Waals surface area contributed by atoms with E-state index in [1.807, 2.05) is 24.3 Å². The third kappa shape index (κ3) is 6.63. The van der Waals surface area contributed by atoms with Gasteiger partial charge < -0.3 is 24.3 Å². The summed E-state index contributed by atoms with van der Waals surface area (Å²) in [7, 11) is 0. The van der Waals surface area contributed by atoms with Gasteiger partial charge in [-0.2, -0.15) is 10.1 Å². The number of morpholine rings is 1. The zero-order chi connectivity index (χ0) is 22.9. The smallest absolute Gasteiger partial charge is 0.379 e. The lowest BCUT2D eigenvalue weighted by atomic mass is 10.1. The summed E-state index contributed by atoms with van der Waals surface area (Å²) in [4.78, 5) is 6.68. The Bertz CT molecular complexity index is 1090. The number of hydrogen-bond acceptors (Lipinski definition) is 8. The van der Waals surface area contributed by atoms with Gasteiger partial charge in [-0.3, -0.25) is 0 Å². The third-order valence-corrected chi connectivity index (χ3v) is 5.03. The van der Waals surface area contributed by atoms with Crippen molar-refractivity contribution in [1.82, 2.24) is 4.98 Å². The van der Waals surface area contributed by atoms with E-state index in [9.17, 15) is 5.21 Å². The average molecular weight is 450 g/mol. The number of anilines is 1. The normalized spacial score (nSPS) is 13.9. The summed E-state index contributed by atoms with van der Waals surface area (Å²) in [6.07, 6.45) is 1.39. The van der Waals surface area contributed by atoms with E-state index in [0.717, 1.165) is 24.3 Å². The Morgan fingerprint density at radius 2 is 1.91 bits per heavy atom. The second kappa shape index (κ2) is 11.2. The van der Waals surface area contributed by atoms with Crippen molar-refractivity contribution < 1.29 is 18.9 Å². The fourth-order valence-electron chi connectivity index (χ4n) is 3.42. The highest BCUT2D eigenvalue weighted by Gasteiger charge is 2.14. The number of rotatable bonds is 9. The molecule has 0 spiro atoms. The maximum Gasteiger partial charge on any atom is 0.379 e. The van der Waals surface area contributed by atoms with E-state index in [1.54, 1.807) is 18.2 Å². The van der Waals surface area contributed by atoms with E-state index in [1.165, 1.54) is 11.8 Å². The van der Waals surface area contributed by atoms with Crippen molar-refractivity contribution >= 4 is 11.5 Å². The predicted octanol–water partition coefficient (Wildman–Crippen LogP) is 3.60. The summed E-state index contributed by atoms with van der Waals surface area (Å²) >= 11 is 0. The first-order valence-electron chi connectivity index (χ1n) is 10.9. The maximum absolute atomic E-state index is 11.7. The van der Waals surface area contributed by atoms with Gasteiger partial charge in [0.1, 0.15) is 13.2 Å². The number of aryl methyl sites for hydroxylation is 1. The largest absolute Gasteiger partial charge is 0.616 e. The zero-order valence-electron chi connectivity index (χ0n) is 18.6. The molecule has 9 nitrogen and oxygen atoms in total. The lowest BCUT2D eigenvalue weighted by molar-refractivity contribution is -0.612. The van der Waals surface area contributed by atoms with Crippen LogP contribution in [0.25, 0.3) is 0 Å². The molecule has 0 radical (unpaired) electrons. The minimum absolute atomic E-state index is 0.208. The van der Waals surface area contributed by atoms with Crippen LogP contribution in [0.4, 0.5) is 11.5 Å². The van der Waals surface area contributed by atoms with Crippen LogP contribution in [0.3, 0.4) is 0 Å². The number of pyridine rings is 2. The molecule has 1 aliphatic rings. The summed E-state index contributed by atoms with van der Waals surface area (Å²) < 4.78 is 17.4. The molecule has 0 bridgehead atoms. The number of hydrogen-bond donors (Lipinski definition) is 0. The summed E-state index contributed by atoms with van der Waals surface area (Å²) in [5.74, 6) is 1.12. The van der Waals surface area contributed by atoms with Crippen LogP contribution in [-0.4, -0.2) is 44.5 Å². The van der Waals surface area contributed by atoms with Gasteiger partial charge in [-0.15, -0.1) is 9.84 Å². The highest BCUT2D eigenvalue weighted by molar-refractivity contribution is 5.55. The lowest BCUT2D eigenvalue weighted by Crippen LogP contribution is -2.36. The Labute approximate surface area is 192 Å². The van der Waals surface area contributed by atoms with Crippen molar-refractivity contribution in [2.75, 3.05) is 44.4 Å². The maximum atomic E-state index is 11.7. The molecule has 1 aliphatic heterocycles. The van der Waals surface area contributed by atoms with Crippen molar-refractivity contribution in [1.29, 1.82) is 0 Å². The molecule has 0 aliphatic carbocycles. The quantitative estimate of drug-likeness (QED) is 0.214. The van der Waals surface area contributed by atoms with E-state index in [0.29, 0.717) is 36.2 Å². The van der Waals surface area contributed by atoms with E-state index in [2.05, 4.69) is 39.2 Å². The third-order valence-electron chi connectivity index (χ3n) is 5.03. The van der Waals surface area contributed by atoms with Crippen molar-refractivity contribution in [2.45, 2.75) is 13.5 Å². The molecule has 1 aromatic carbocycles. The molecule has 1 fully saturated rings. The van der Waals surface area contributed by atoms with Crippen molar-refractivity contribution in [3.05, 3.63) is 77.1 Å². The number of benzene rings is 1. The second-order valence-electron chi connectivity index (χ2n) is 7.57. The molecule has 0 atom stereocenters. The summed E-state index contributed by atoms with van der Waals surface area (Å²) in [6.45, 7) is 5.87. The van der Waals surface area contributed by atoms with Crippen molar-refractivity contribution in [3.8, 4) is 11.8 Å². The Morgan fingerprint density at radius 1 is 1.06 bits per heavy atom. The highest BCUT2D eigenvalue weighted by Crippen LogP contribution is 2.26. The Hall–Kier alpha value is -3.72. The molecule has 0 N–H and O–H groups in total. The Morgan fingerprint density at radius 3 is 2.73 bits per heavy atom. The van der Waals surface area contributed by atoms with Crippen molar-refractivity contribution in [2.24, 2.45) is 10.2 Å². The second-order valence-corrected chi connectivity index (χ2v) is 7.57. The number of azo groups is 1. The minimum atomic E-state index is 0.208. The van der Waals surface area contributed by atoms with Gasteiger partial charge in [-0.1, -0.05) is 29.8 Å². The zero-order valence-corrected chi connectivity index (χ0v) is 18.6. The summed E-state index contributed by atoms with van der Waals surface area (Å²) in [5, 5.41) is 20.3. The van der Waals surface area contributed by atoms with E-state index >= 15 is 0 Å². The topological polar surface area (TPSA) is 95.5 Å². The molecule has 0 saturated carbocycles. The minimum Gasteiger partial charge on any atom is -0.616 e. The van der Waals surface area contributed by atoms with Crippen LogP contribution in [0, 0.1) is 12.1 Å². The molecule has 33 heavy (non-hydrogen) atoms. The molecular weight excluding hydrogens is 422 g/mol. The molecule has 172 valence electrons. The Balaban J connectivity index is 1.43. The van der Waals surface area contributed by atoms with Gasteiger partial charge in [0.15, 0.2) is 12.0 Å². The molecule has 3 aromatic rings. The number of nitrogens with zero attached hydrogens (tertiary/aromatic N) is 5. The van der Waals surface area contributed by atoms with Crippen LogP contribution in [0.2, 0.25) is 0 Å². The van der Waals surface area contributed by atoms with Gasteiger partial charge in [-0.25, -0.2) is 0 Å². The van der Waals surface area contributed by atoms with Crippen molar-refractivity contribution in [3.63, 3.8) is 0 Å². The monoisotopic (exact) mass is 449 g/mol. The van der Waals surface area contributed by atoms with Crippen LogP contribution in [0.5, 0.6) is 11.8 Å². The van der Waals surface area contributed by atoms with Crippen LogP contribution >= 0.6 is 0 Å². The van der Waals surface area contributed by atoms with E-state index < -0.39 is 0 Å². The molecule has 9 heteroatoms. The lowest BCUT2D eigenvalue weighted by Gasteiger charge is -2.29. The molecule has 3 heterocycles. The SMILES string of the molecule is Cc1cccc(CN=Nc2cc(N3CCOCC3)cc(OCCOc3cccc[n+]3[O-])n2)c1. The number of aromatic nitrogens is 2. The predicted molar refractivity (Wildman–Crippen MR) is 123 cm³/mol. The summed E-state index contributed by atoms with van der Waals surface area (Å²) in [6, 6.07) is 16.9. The highest BCUT2D eigenvalue weighted by atomic mass is 16.6. The molecule has 0 unspecified atom stereocenters. The molecule has 4 rings (SSSR count). The molecule has 2 aromatic heterocycles. The van der Waals surface area contributed by atoms with E-state index in [4.69, 9.17) is 14.2 Å². The molecule has 0 amide bonds. The average Bonchev–Trinajstić information content (AvgIpc) is 2.83. The van der Waals surface area contributed by atoms with Crippen LogP contribution in [0.15, 0.2) is 71.0 Å². The van der Waals surface area contributed by atoms with E-state index in [-0.39, 0.29) is 19.1 Å². The van der Waals surface area contributed by atoms with Crippen LogP contribution < -0.4 is 19.1 Å². The molecule has 1 saturated heterocycles. The number of ether oxygens (including phenoxy) is 3. The first-order chi connectivity index (χ1) is 16.2. The van der Waals surface area contributed by atoms with Gasteiger partial charge >= 0.3 is 5.88 Å². The first-order valence-corrected chi connectivity index (χ1v) is 10.9. The van der Waals surface area contributed by atoms with Gasteiger partial charge in [0.25, 0.3) is 0 Å². The fraction of sp³-hybridized carbons (Fsp3) is 0.333. The Kier molecular flexibility index (Phi) is 7.65. The van der Waals surface area contributed by atoms with Gasteiger partial charge in [0.05, 0.1) is 25.8 Å². The summed E-state index contributed by atoms with van der Waals surface area (Å²) in [5.41, 5.74) is 3.23. The first kappa shape index (κ1) is 22.5. The van der Waals surface area contributed by atoms with Crippen LogP contribution in [-0.2, 0) is 11.3 Å². The van der Waals surface area contributed by atoms with Crippen LogP contribution in [0.1, 0.15) is 11.1 Å². The standard InChI is InChI=1S/C24H27N5O4/c1-19-5-4-6-20(15-19)18-25-27-22-16-21(28-9-11-31-12-10-28)17-23(26-22)32-13-14-33-24-7-2-3-8-29(24)30/h2-8,15-17H,9-14,18H2,1H3.